The molecule has 0 spiro atoms. The molecule has 0 unspecified atom stereocenters. The van der Waals surface area contributed by atoms with Gasteiger partial charge in [-0.2, -0.15) is 0 Å². The van der Waals surface area contributed by atoms with E-state index in [0.717, 1.165) is 22.6 Å². The molecule has 2 atom stereocenters. The van der Waals surface area contributed by atoms with Crippen LogP contribution in [0.1, 0.15) is 36.6 Å². The van der Waals surface area contributed by atoms with E-state index in [4.69, 9.17) is 9.47 Å². The lowest BCUT2D eigenvalue weighted by molar-refractivity contribution is -0.127. The van der Waals surface area contributed by atoms with Gasteiger partial charge < -0.3 is 14.8 Å². The van der Waals surface area contributed by atoms with Gasteiger partial charge in [-0.15, -0.1) is 0 Å². The number of methoxy groups -OCH3 is 1. The second kappa shape index (κ2) is 7.86. The van der Waals surface area contributed by atoms with Crippen molar-refractivity contribution in [1.82, 2.24) is 5.32 Å². The summed E-state index contributed by atoms with van der Waals surface area (Å²) in [5.41, 5.74) is 3.21. The van der Waals surface area contributed by atoms with Crippen LogP contribution in [-0.2, 0) is 4.79 Å². The first kappa shape index (κ1) is 17.9. The molecule has 2 aromatic rings. The van der Waals surface area contributed by atoms with E-state index in [2.05, 4.69) is 5.32 Å². The topological polar surface area (TPSA) is 47.6 Å². The third kappa shape index (κ3) is 4.51. The number of ether oxygens (including phenoxy) is 2. The van der Waals surface area contributed by atoms with Crippen LogP contribution < -0.4 is 14.8 Å². The Balaban J connectivity index is 1.97. The quantitative estimate of drug-likeness (QED) is 0.874. The fraction of sp³-hybridized carbons (Fsp3) is 0.350. The van der Waals surface area contributed by atoms with E-state index in [0.29, 0.717) is 0 Å². The van der Waals surface area contributed by atoms with Gasteiger partial charge in [-0.25, -0.2) is 0 Å². The van der Waals surface area contributed by atoms with Crippen LogP contribution in [0.15, 0.2) is 42.5 Å². The highest BCUT2D eigenvalue weighted by molar-refractivity contribution is 5.81. The van der Waals surface area contributed by atoms with Crippen molar-refractivity contribution in [2.75, 3.05) is 7.11 Å². The highest BCUT2D eigenvalue weighted by Gasteiger charge is 2.18. The average Bonchev–Trinajstić information content (AvgIpc) is 2.57. The molecule has 0 heterocycles. The van der Waals surface area contributed by atoms with Crippen LogP contribution >= 0.6 is 0 Å². The van der Waals surface area contributed by atoms with Crippen LogP contribution in [0.25, 0.3) is 0 Å². The first-order valence-electron chi connectivity index (χ1n) is 8.09. The van der Waals surface area contributed by atoms with Crippen molar-refractivity contribution in [2.45, 2.75) is 39.8 Å². The Bertz CT molecular complexity index is 695. The number of rotatable bonds is 6. The van der Waals surface area contributed by atoms with Crippen molar-refractivity contribution in [3.8, 4) is 11.5 Å². The molecule has 1 amide bonds. The summed E-state index contributed by atoms with van der Waals surface area (Å²) in [4.78, 5) is 12.4. The predicted octanol–water partition coefficient (Wildman–Crippen LogP) is 3.96. The minimum atomic E-state index is -0.563. The lowest BCUT2D eigenvalue weighted by Gasteiger charge is -2.20. The summed E-state index contributed by atoms with van der Waals surface area (Å²) in [5, 5.41) is 2.98. The van der Waals surface area contributed by atoms with Gasteiger partial charge in [0.1, 0.15) is 11.5 Å². The van der Waals surface area contributed by atoms with E-state index < -0.39 is 6.10 Å². The van der Waals surface area contributed by atoms with E-state index >= 15 is 0 Å². The molecule has 0 aromatic heterocycles. The lowest BCUT2D eigenvalue weighted by Crippen LogP contribution is -2.37. The smallest absolute Gasteiger partial charge is 0.261 e. The van der Waals surface area contributed by atoms with Crippen LogP contribution in [-0.4, -0.2) is 19.1 Å². The fourth-order valence-electron chi connectivity index (χ4n) is 2.48. The normalized spacial score (nSPS) is 13.0. The van der Waals surface area contributed by atoms with E-state index in [9.17, 15) is 4.79 Å². The van der Waals surface area contributed by atoms with Gasteiger partial charge in [0, 0.05) is 0 Å². The van der Waals surface area contributed by atoms with Gasteiger partial charge in [0.25, 0.3) is 5.91 Å². The Morgan fingerprint density at radius 1 is 1.04 bits per heavy atom. The summed E-state index contributed by atoms with van der Waals surface area (Å²) in [7, 11) is 1.63. The van der Waals surface area contributed by atoms with Crippen molar-refractivity contribution < 1.29 is 14.3 Å². The number of amides is 1. The largest absolute Gasteiger partial charge is 0.497 e. The minimum absolute atomic E-state index is 0.103. The van der Waals surface area contributed by atoms with E-state index in [-0.39, 0.29) is 11.9 Å². The molecule has 24 heavy (non-hydrogen) atoms. The zero-order valence-electron chi connectivity index (χ0n) is 14.9. The van der Waals surface area contributed by atoms with E-state index in [1.54, 1.807) is 14.0 Å². The molecule has 0 saturated carbocycles. The monoisotopic (exact) mass is 327 g/mol. The Kier molecular flexibility index (Phi) is 5.85. The van der Waals surface area contributed by atoms with Gasteiger partial charge in [-0.3, -0.25) is 4.79 Å². The summed E-state index contributed by atoms with van der Waals surface area (Å²) in [6, 6.07) is 13.5. The van der Waals surface area contributed by atoms with Gasteiger partial charge in [-0.1, -0.05) is 29.8 Å². The van der Waals surface area contributed by atoms with E-state index in [1.807, 2.05) is 63.2 Å². The van der Waals surface area contributed by atoms with Crippen LogP contribution in [0.4, 0.5) is 0 Å². The third-order valence-corrected chi connectivity index (χ3v) is 3.98. The summed E-state index contributed by atoms with van der Waals surface area (Å²) >= 11 is 0. The number of hydrogen-bond donors (Lipinski definition) is 1. The molecule has 4 nitrogen and oxygen atoms in total. The summed E-state index contributed by atoms with van der Waals surface area (Å²) in [5.74, 6) is 1.39. The molecule has 4 heteroatoms. The highest BCUT2D eigenvalue weighted by atomic mass is 16.5. The molecule has 0 aliphatic carbocycles. The number of benzene rings is 2. The van der Waals surface area contributed by atoms with Crippen molar-refractivity contribution in [3.63, 3.8) is 0 Å². The molecule has 2 rings (SSSR count). The zero-order valence-corrected chi connectivity index (χ0v) is 14.9. The first-order chi connectivity index (χ1) is 11.4. The predicted molar refractivity (Wildman–Crippen MR) is 95.6 cm³/mol. The van der Waals surface area contributed by atoms with Crippen molar-refractivity contribution >= 4 is 5.91 Å². The molecule has 0 radical (unpaired) electrons. The Labute approximate surface area is 143 Å². The Hall–Kier alpha value is -2.49. The zero-order chi connectivity index (χ0) is 17.7. The number of nitrogens with one attached hydrogen (secondary N) is 1. The molecular weight excluding hydrogens is 302 g/mol. The fourth-order valence-corrected chi connectivity index (χ4v) is 2.48. The maximum absolute atomic E-state index is 12.4. The molecule has 0 bridgehead atoms. The second-order valence-electron chi connectivity index (χ2n) is 6.03. The highest BCUT2D eigenvalue weighted by Crippen LogP contribution is 2.21. The van der Waals surface area contributed by atoms with Crippen LogP contribution in [0.5, 0.6) is 11.5 Å². The Morgan fingerprint density at radius 3 is 2.29 bits per heavy atom. The number of carbonyl (C=O) groups is 1. The lowest BCUT2D eigenvalue weighted by atomic mass is 10.1. The van der Waals surface area contributed by atoms with Gasteiger partial charge in [0.05, 0.1) is 13.2 Å². The minimum Gasteiger partial charge on any atom is -0.497 e. The molecular formula is C20H25NO3. The van der Waals surface area contributed by atoms with Gasteiger partial charge in [0.2, 0.25) is 0 Å². The third-order valence-electron chi connectivity index (χ3n) is 3.98. The van der Waals surface area contributed by atoms with Crippen LogP contribution in [0.3, 0.4) is 0 Å². The first-order valence-corrected chi connectivity index (χ1v) is 8.09. The molecule has 0 saturated heterocycles. The standard InChI is InChI=1S/C20H25NO3/c1-13-6-11-19(14(2)12-13)24-16(4)20(22)21-15(3)17-7-9-18(23-5)10-8-17/h6-12,15-16H,1-5H3,(H,21,22)/t15-,16+/m0/s1. The van der Waals surface area contributed by atoms with Crippen LogP contribution in [0, 0.1) is 13.8 Å². The molecule has 0 aliphatic heterocycles. The van der Waals surface area contributed by atoms with Crippen LogP contribution in [0.2, 0.25) is 0 Å². The van der Waals surface area contributed by atoms with Crippen molar-refractivity contribution in [3.05, 3.63) is 59.2 Å². The van der Waals surface area contributed by atoms with Gasteiger partial charge in [-0.05, 0) is 57.0 Å². The maximum atomic E-state index is 12.4. The van der Waals surface area contributed by atoms with Gasteiger partial charge >= 0.3 is 0 Å². The average molecular weight is 327 g/mol. The Morgan fingerprint density at radius 2 is 1.71 bits per heavy atom. The SMILES string of the molecule is COc1ccc([C@H](C)NC(=O)[C@@H](C)Oc2ccc(C)cc2C)cc1. The molecule has 1 N–H and O–H groups in total. The molecule has 128 valence electrons. The van der Waals surface area contributed by atoms with E-state index in [1.165, 1.54) is 5.56 Å². The maximum Gasteiger partial charge on any atom is 0.261 e. The van der Waals surface area contributed by atoms with Crippen molar-refractivity contribution in [2.24, 2.45) is 0 Å². The van der Waals surface area contributed by atoms with Gasteiger partial charge in [0.15, 0.2) is 6.10 Å². The number of hydrogen-bond acceptors (Lipinski definition) is 3. The summed E-state index contributed by atoms with van der Waals surface area (Å²) < 4.78 is 10.9. The molecule has 0 aliphatic rings. The molecule has 0 fully saturated rings. The summed E-state index contributed by atoms with van der Waals surface area (Å²) in [6.07, 6.45) is -0.563. The number of carbonyl (C=O) groups excluding carboxylic acids is 1. The second-order valence-corrected chi connectivity index (χ2v) is 6.03. The molecule has 2 aromatic carbocycles. The summed E-state index contributed by atoms with van der Waals surface area (Å²) in [6.45, 7) is 7.72. The number of aryl methyl sites for hydroxylation is 2. The van der Waals surface area contributed by atoms with Crippen molar-refractivity contribution in [1.29, 1.82) is 0 Å².